The van der Waals surface area contributed by atoms with Gasteiger partial charge in [0.2, 0.25) is 0 Å². The van der Waals surface area contributed by atoms with Crippen molar-refractivity contribution in [3.8, 4) is 0 Å². The molecule has 0 bridgehead atoms. The van der Waals surface area contributed by atoms with Gasteiger partial charge in [-0.1, -0.05) is 0 Å². The Labute approximate surface area is 274 Å². The first-order valence-electron chi connectivity index (χ1n) is 15.1. The molecule has 0 aliphatic rings. The van der Waals surface area contributed by atoms with Gasteiger partial charge in [0.25, 0.3) is 11.8 Å². The Morgan fingerprint density at radius 2 is 0.875 bits per heavy atom. The molecule has 4 aromatic rings. The summed E-state index contributed by atoms with van der Waals surface area (Å²) in [6.07, 6.45) is -3.15. The van der Waals surface area contributed by atoms with E-state index in [-0.39, 0.29) is 11.4 Å². The molecular weight excluding hydrogens is 638 g/mol. The standard InChI is InChI=1S/2C17H18F3N3O/c2*1-3-23(4-2)15-6-5-13(17(18,19)20)11-14(15)22-16(24)12-7-9-21-10-8-12/h2*5-11H,3-4H2,1-2H3,(H,22,24). The van der Waals surface area contributed by atoms with Gasteiger partial charge in [-0.05, 0) is 88.4 Å². The highest BCUT2D eigenvalue weighted by Crippen LogP contribution is 2.37. The van der Waals surface area contributed by atoms with Crippen LogP contribution in [0.2, 0.25) is 0 Å². The minimum Gasteiger partial charge on any atom is -0.370 e. The molecule has 0 atom stereocenters. The Morgan fingerprint density at radius 3 is 1.15 bits per heavy atom. The SMILES string of the molecule is CCN(CC)c1ccc(C(F)(F)F)cc1NC(=O)c1ccncc1.CCN(CC)c1ccc(C(F)(F)F)cc1NC(=O)c1ccncc1. The van der Waals surface area contributed by atoms with Crippen molar-refractivity contribution in [1.82, 2.24) is 9.97 Å². The van der Waals surface area contributed by atoms with Gasteiger partial charge in [0.1, 0.15) is 0 Å². The number of halogens is 6. The fourth-order valence-corrected chi connectivity index (χ4v) is 4.70. The summed E-state index contributed by atoms with van der Waals surface area (Å²) in [7, 11) is 0. The van der Waals surface area contributed by atoms with Gasteiger partial charge in [0.15, 0.2) is 0 Å². The second kappa shape index (κ2) is 16.6. The number of alkyl halides is 6. The van der Waals surface area contributed by atoms with Crippen LogP contribution in [0.15, 0.2) is 85.5 Å². The van der Waals surface area contributed by atoms with Crippen molar-refractivity contribution >= 4 is 34.6 Å². The maximum absolute atomic E-state index is 13.0. The molecule has 2 aromatic heterocycles. The molecule has 2 aromatic carbocycles. The normalized spacial score (nSPS) is 11.2. The molecule has 4 rings (SSSR count). The number of amides is 2. The lowest BCUT2D eigenvalue weighted by molar-refractivity contribution is -0.138. The first-order chi connectivity index (χ1) is 22.7. The quantitative estimate of drug-likeness (QED) is 0.164. The number of pyridine rings is 2. The van der Waals surface area contributed by atoms with Crippen LogP contribution in [0.3, 0.4) is 0 Å². The van der Waals surface area contributed by atoms with E-state index in [4.69, 9.17) is 0 Å². The summed E-state index contributed by atoms with van der Waals surface area (Å²) in [5.41, 5.74) is 0.421. The molecule has 8 nitrogen and oxygen atoms in total. The van der Waals surface area contributed by atoms with Crippen LogP contribution >= 0.6 is 0 Å². The number of hydrogen-bond donors (Lipinski definition) is 2. The van der Waals surface area contributed by atoms with Crippen LogP contribution in [0, 0.1) is 0 Å². The molecule has 48 heavy (non-hydrogen) atoms. The molecule has 0 spiro atoms. The van der Waals surface area contributed by atoms with E-state index in [1.54, 1.807) is 0 Å². The van der Waals surface area contributed by atoms with Crippen LogP contribution in [0.4, 0.5) is 49.1 Å². The molecule has 0 unspecified atom stereocenters. The lowest BCUT2D eigenvalue weighted by atomic mass is 10.1. The first kappa shape index (κ1) is 37.3. The number of carbonyl (C=O) groups is 2. The van der Waals surface area contributed by atoms with Crippen molar-refractivity contribution in [2.75, 3.05) is 46.6 Å². The third-order valence-electron chi connectivity index (χ3n) is 7.24. The summed E-state index contributed by atoms with van der Waals surface area (Å²) in [6, 6.07) is 12.8. The highest BCUT2D eigenvalue weighted by Gasteiger charge is 2.32. The van der Waals surface area contributed by atoms with Crippen molar-refractivity contribution in [2.45, 2.75) is 40.0 Å². The van der Waals surface area contributed by atoms with Crippen LogP contribution in [-0.4, -0.2) is 48.0 Å². The van der Waals surface area contributed by atoms with E-state index in [2.05, 4.69) is 20.6 Å². The lowest BCUT2D eigenvalue weighted by Gasteiger charge is -2.25. The third kappa shape index (κ3) is 9.93. The smallest absolute Gasteiger partial charge is 0.370 e. The van der Waals surface area contributed by atoms with Gasteiger partial charge in [0, 0.05) is 62.1 Å². The van der Waals surface area contributed by atoms with E-state index in [1.807, 2.05) is 37.5 Å². The maximum atomic E-state index is 13.0. The number of nitrogens with zero attached hydrogens (tertiary/aromatic N) is 4. The molecule has 0 fully saturated rings. The number of aromatic nitrogens is 2. The average Bonchev–Trinajstić information content (AvgIpc) is 3.07. The minimum absolute atomic E-state index is 0.135. The average molecular weight is 675 g/mol. The maximum Gasteiger partial charge on any atom is 0.416 e. The lowest BCUT2D eigenvalue weighted by Crippen LogP contribution is -2.24. The summed E-state index contributed by atoms with van der Waals surface area (Å²) >= 11 is 0. The number of nitrogens with one attached hydrogen (secondary N) is 2. The second-order valence-electron chi connectivity index (χ2n) is 10.2. The number of carbonyl (C=O) groups excluding carboxylic acids is 2. The molecular formula is C34H36F6N6O2. The van der Waals surface area contributed by atoms with Gasteiger partial charge < -0.3 is 20.4 Å². The second-order valence-corrected chi connectivity index (χ2v) is 10.2. The fraction of sp³-hybridized carbons (Fsp3) is 0.294. The Bertz CT molecular complexity index is 1520. The largest absolute Gasteiger partial charge is 0.416 e. The highest BCUT2D eigenvalue weighted by atomic mass is 19.4. The summed E-state index contributed by atoms with van der Waals surface area (Å²) < 4.78 is 77.9. The molecule has 2 heterocycles. The van der Waals surface area contributed by atoms with E-state index in [1.165, 1.54) is 61.2 Å². The van der Waals surface area contributed by atoms with Gasteiger partial charge in [-0.3, -0.25) is 19.6 Å². The number of anilines is 4. The van der Waals surface area contributed by atoms with Crippen molar-refractivity contribution in [1.29, 1.82) is 0 Å². The zero-order valence-electron chi connectivity index (χ0n) is 26.8. The Balaban J connectivity index is 0.000000260. The van der Waals surface area contributed by atoms with Gasteiger partial charge in [-0.15, -0.1) is 0 Å². The van der Waals surface area contributed by atoms with Crippen LogP contribution in [0.1, 0.15) is 59.5 Å². The molecule has 0 aliphatic heterocycles. The molecule has 0 aliphatic carbocycles. The zero-order valence-corrected chi connectivity index (χ0v) is 26.8. The van der Waals surface area contributed by atoms with Gasteiger partial charge in [0.05, 0.1) is 33.9 Å². The monoisotopic (exact) mass is 674 g/mol. The van der Waals surface area contributed by atoms with E-state index in [9.17, 15) is 35.9 Å². The molecule has 14 heteroatoms. The van der Waals surface area contributed by atoms with Gasteiger partial charge in [-0.2, -0.15) is 26.3 Å². The van der Waals surface area contributed by atoms with Crippen molar-refractivity contribution in [2.24, 2.45) is 0 Å². The van der Waals surface area contributed by atoms with Crippen molar-refractivity contribution < 1.29 is 35.9 Å². The van der Waals surface area contributed by atoms with Crippen molar-refractivity contribution in [3.63, 3.8) is 0 Å². The Morgan fingerprint density at radius 1 is 0.562 bits per heavy atom. The predicted octanol–water partition coefficient (Wildman–Crippen LogP) is 8.40. The summed E-state index contributed by atoms with van der Waals surface area (Å²) in [4.78, 5) is 36.0. The number of rotatable bonds is 10. The van der Waals surface area contributed by atoms with E-state index in [0.717, 1.165) is 24.3 Å². The number of hydrogen-bond acceptors (Lipinski definition) is 6. The molecule has 0 radical (unpaired) electrons. The molecule has 2 amide bonds. The summed E-state index contributed by atoms with van der Waals surface area (Å²) in [6.45, 7) is 10.0. The fourth-order valence-electron chi connectivity index (χ4n) is 4.70. The van der Waals surface area contributed by atoms with Gasteiger partial charge >= 0.3 is 12.4 Å². The molecule has 2 N–H and O–H groups in total. The van der Waals surface area contributed by atoms with E-state index in [0.29, 0.717) is 48.7 Å². The molecule has 256 valence electrons. The molecule has 0 saturated heterocycles. The van der Waals surface area contributed by atoms with E-state index < -0.39 is 35.3 Å². The Hall–Kier alpha value is -5.14. The summed E-state index contributed by atoms with van der Waals surface area (Å²) in [5.74, 6) is -0.963. The van der Waals surface area contributed by atoms with Crippen molar-refractivity contribution in [3.05, 3.63) is 108 Å². The molecule has 0 saturated carbocycles. The van der Waals surface area contributed by atoms with Crippen LogP contribution < -0.4 is 20.4 Å². The zero-order chi connectivity index (χ0) is 35.5. The number of benzene rings is 2. The van der Waals surface area contributed by atoms with Crippen LogP contribution in [0.25, 0.3) is 0 Å². The predicted molar refractivity (Wildman–Crippen MR) is 174 cm³/mol. The van der Waals surface area contributed by atoms with Crippen LogP contribution in [0.5, 0.6) is 0 Å². The Kier molecular flexibility index (Phi) is 12.9. The summed E-state index contributed by atoms with van der Waals surface area (Å²) in [5, 5.41) is 5.16. The topological polar surface area (TPSA) is 90.5 Å². The minimum atomic E-state index is -4.47. The van der Waals surface area contributed by atoms with Gasteiger partial charge in [-0.25, -0.2) is 0 Å². The first-order valence-corrected chi connectivity index (χ1v) is 15.1. The highest BCUT2D eigenvalue weighted by molar-refractivity contribution is 6.06. The van der Waals surface area contributed by atoms with E-state index >= 15 is 0 Å². The van der Waals surface area contributed by atoms with Crippen LogP contribution in [-0.2, 0) is 12.4 Å². The third-order valence-corrected chi connectivity index (χ3v) is 7.24.